The molecule has 0 spiro atoms. The van der Waals surface area contributed by atoms with Gasteiger partial charge in [0.25, 0.3) is 0 Å². The number of carbonyl (C=O) groups is 3. The molecular formula is C28H36N2O5. The fraction of sp³-hybridized carbons (Fsp3) is 0.464. The van der Waals surface area contributed by atoms with Crippen LogP contribution in [0.4, 0.5) is 4.79 Å². The summed E-state index contributed by atoms with van der Waals surface area (Å²) in [5.74, 6) is -2.04. The first kappa shape index (κ1) is 26.3. The predicted molar refractivity (Wildman–Crippen MR) is 135 cm³/mol. The van der Waals surface area contributed by atoms with E-state index < -0.39 is 18.0 Å². The average Bonchev–Trinajstić information content (AvgIpc) is 3.09. The Bertz CT molecular complexity index is 1030. The van der Waals surface area contributed by atoms with Crippen LogP contribution in [0, 0.1) is 17.3 Å². The van der Waals surface area contributed by atoms with Crippen LogP contribution in [0.5, 0.6) is 0 Å². The summed E-state index contributed by atoms with van der Waals surface area (Å²) < 4.78 is 5.59. The molecule has 3 rings (SSSR count). The van der Waals surface area contributed by atoms with E-state index >= 15 is 0 Å². The summed E-state index contributed by atoms with van der Waals surface area (Å²) >= 11 is 0. The lowest BCUT2D eigenvalue weighted by molar-refractivity contribution is -0.148. The molecule has 188 valence electrons. The van der Waals surface area contributed by atoms with Crippen molar-refractivity contribution in [3.05, 3.63) is 59.7 Å². The Morgan fingerprint density at radius 1 is 1.00 bits per heavy atom. The van der Waals surface area contributed by atoms with Gasteiger partial charge in [-0.15, -0.1) is 0 Å². The number of nitrogens with one attached hydrogen (secondary N) is 1. The third-order valence-electron chi connectivity index (χ3n) is 6.23. The first-order valence-corrected chi connectivity index (χ1v) is 12.1. The molecule has 0 fully saturated rings. The zero-order valence-corrected chi connectivity index (χ0v) is 21.2. The lowest BCUT2D eigenvalue weighted by Crippen LogP contribution is -2.48. The van der Waals surface area contributed by atoms with Gasteiger partial charge in [-0.25, -0.2) is 4.79 Å². The van der Waals surface area contributed by atoms with Crippen LogP contribution < -0.4 is 5.32 Å². The minimum Gasteiger partial charge on any atom is -0.480 e. The number of ether oxygens (including phenoxy) is 1. The Hall–Kier alpha value is -3.35. The second kappa shape index (κ2) is 10.9. The summed E-state index contributed by atoms with van der Waals surface area (Å²) in [5.41, 5.74) is 4.30. The summed E-state index contributed by atoms with van der Waals surface area (Å²) in [6.07, 6.45) is -0.592. The summed E-state index contributed by atoms with van der Waals surface area (Å²) in [7, 11) is 0. The normalized spacial score (nSPS) is 13.7. The van der Waals surface area contributed by atoms with E-state index in [1.54, 1.807) is 0 Å². The highest BCUT2D eigenvalue weighted by atomic mass is 16.5. The van der Waals surface area contributed by atoms with Gasteiger partial charge in [0, 0.05) is 19.0 Å². The number of nitrogens with zero attached hydrogens (tertiary/aromatic N) is 1. The molecule has 0 heterocycles. The van der Waals surface area contributed by atoms with Crippen LogP contribution in [-0.4, -0.2) is 54.2 Å². The maximum absolute atomic E-state index is 13.2. The van der Waals surface area contributed by atoms with Gasteiger partial charge < -0.3 is 20.1 Å². The standard InChI is InChI=1S/C28H36N2O5/c1-18(2)23(26(33)30(15-25(31)32)17-28(3,4)5)14-29-27(34)35-16-24-21-12-8-6-10-19(21)20-11-7-9-13-22(20)24/h6-13,18,23-24H,14-17H2,1-5H3,(H,29,34)(H,31,32). The minimum absolute atomic E-state index is 0.0477. The number of fused-ring (bicyclic) bond motifs is 3. The lowest BCUT2D eigenvalue weighted by Gasteiger charge is -2.33. The molecule has 7 heteroatoms. The van der Waals surface area contributed by atoms with Gasteiger partial charge in [-0.3, -0.25) is 9.59 Å². The largest absolute Gasteiger partial charge is 0.480 e. The number of hydrogen-bond acceptors (Lipinski definition) is 4. The van der Waals surface area contributed by atoms with Crippen molar-refractivity contribution in [2.24, 2.45) is 17.3 Å². The van der Waals surface area contributed by atoms with Crippen molar-refractivity contribution in [1.82, 2.24) is 10.2 Å². The van der Waals surface area contributed by atoms with Gasteiger partial charge in [0.05, 0.1) is 5.92 Å². The van der Waals surface area contributed by atoms with Gasteiger partial charge in [0.2, 0.25) is 5.91 Å². The summed E-state index contributed by atoms with van der Waals surface area (Å²) in [6.45, 7) is 9.84. The van der Waals surface area contributed by atoms with Crippen LogP contribution >= 0.6 is 0 Å². The van der Waals surface area contributed by atoms with Crippen molar-refractivity contribution in [2.75, 3.05) is 26.2 Å². The number of carboxylic acid groups (broad SMARTS) is 1. The number of carbonyl (C=O) groups excluding carboxylic acids is 2. The van der Waals surface area contributed by atoms with Gasteiger partial charge >= 0.3 is 12.1 Å². The molecule has 2 aromatic carbocycles. The van der Waals surface area contributed by atoms with Crippen molar-refractivity contribution in [1.29, 1.82) is 0 Å². The zero-order chi connectivity index (χ0) is 25.8. The van der Waals surface area contributed by atoms with Crippen molar-refractivity contribution in [3.8, 4) is 11.1 Å². The van der Waals surface area contributed by atoms with Crippen LogP contribution in [0.1, 0.15) is 51.7 Å². The van der Waals surface area contributed by atoms with E-state index in [0.29, 0.717) is 6.54 Å². The van der Waals surface area contributed by atoms with Crippen LogP contribution in [0.2, 0.25) is 0 Å². The molecule has 0 radical (unpaired) electrons. The number of hydrogen-bond donors (Lipinski definition) is 2. The van der Waals surface area contributed by atoms with Crippen LogP contribution in [0.3, 0.4) is 0 Å². The van der Waals surface area contributed by atoms with Crippen molar-refractivity contribution in [2.45, 2.75) is 40.5 Å². The Morgan fingerprint density at radius 3 is 2.03 bits per heavy atom. The van der Waals surface area contributed by atoms with Gasteiger partial charge in [-0.05, 0) is 33.6 Å². The monoisotopic (exact) mass is 480 g/mol. The molecule has 0 aliphatic heterocycles. The van der Waals surface area contributed by atoms with E-state index in [2.05, 4.69) is 29.6 Å². The Morgan fingerprint density at radius 2 is 1.54 bits per heavy atom. The molecule has 1 atom stereocenters. The Kier molecular flexibility index (Phi) is 8.20. The van der Waals surface area contributed by atoms with E-state index in [-0.39, 0.29) is 42.9 Å². The fourth-order valence-electron chi connectivity index (χ4n) is 4.63. The smallest absolute Gasteiger partial charge is 0.407 e. The van der Waals surface area contributed by atoms with E-state index in [1.807, 2.05) is 58.9 Å². The molecular weight excluding hydrogens is 444 g/mol. The number of carboxylic acids is 1. The maximum Gasteiger partial charge on any atom is 0.407 e. The van der Waals surface area contributed by atoms with E-state index in [9.17, 15) is 19.5 Å². The highest BCUT2D eigenvalue weighted by molar-refractivity contribution is 5.84. The SMILES string of the molecule is CC(C)C(CNC(=O)OCC1c2ccccc2-c2ccccc21)C(=O)N(CC(=O)O)CC(C)(C)C. The van der Waals surface area contributed by atoms with Crippen molar-refractivity contribution >= 4 is 18.0 Å². The molecule has 1 unspecified atom stereocenters. The molecule has 35 heavy (non-hydrogen) atoms. The molecule has 2 aromatic rings. The van der Waals surface area contributed by atoms with Crippen LogP contribution in [0.15, 0.2) is 48.5 Å². The first-order chi connectivity index (χ1) is 16.5. The second-order valence-electron chi connectivity index (χ2n) is 10.7. The van der Waals surface area contributed by atoms with E-state index in [1.165, 1.54) is 4.90 Å². The van der Waals surface area contributed by atoms with Crippen LogP contribution in [-0.2, 0) is 14.3 Å². The maximum atomic E-state index is 13.2. The predicted octanol–water partition coefficient (Wildman–Crippen LogP) is 4.76. The first-order valence-electron chi connectivity index (χ1n) is 12.1. The molecule has 0 aromatic heterocycles. The summed E-state index contributed by atoms with van der Waals surface area (Å²) in [4.78, 5) is 38.5. The average molecular weight is 481 g/mol. The quantitative estimate of drug-likeness (QED) is 0.540. The Balaban J connectivity index is 1.63. The highest BCUT2D eigenvalue weighted by Gasteiger charge is 2.32. The fourth-order valence-corrected chi connectivity index (χ4v) is 4.63. The third-order valence-corrected chi connectivity index (χ3v) is 6.23. The van der Waals surface area contributed by atoms with Gasteiger partial charge in [-0.2, -0.15) is 0 Å². The number of benzene rings is 2. The second-order valence-corrected chi connectivity index (χ2v) is 10.7. The van der Waals surface area contributed by atoms with E-state index in [0.717, 1.165) is 22.3 Å². The van der Waals surface area contributed by atoms with Crippen molar-refractivity contribution in [3.63, 3.8) is 0 Å². The summed E-state index contributed by atoms with van der Waals surface area (Å²) in [5, 5.41) is 12.0. The topological polar surface area (TPSA) is 95.9 Å². The molecule has 0 saturated carbocycles. The molecule has 1 aliphatic carbocycles. The highest BCUT2D eigenvalue weighted by Crippen LogP contribution is 2.44. The van der Waals surface area contributed by atoms with Crippen LogP contribution in [0.25, 0.3) is 11.1 Å². The molecule has 2 N–H and O–H groups in total. The lowest BCUT2D eigenvalue weighted by atomic mass is 9.91. The molecule has 7 nitrogen and oxygen atoms in total. The molecule has 0 saturated heterocycles. The van der Waals surface area contributed by atoms with E-state index in [4.69, 9.17) is 4.74 Å². The minimum atomic E-state index is -1.06. The third kappa shape index (κ3) is 6.62. The van der Waals surface area contributed by atoms with Gasteiger partial charge in [0.1, 0.15) is 13.2 Å². The number of aliphatic carboxylic acids is 1. The molecule has 0 bridgehead atoms. The zero-order valence-electron chi connectivity index (χ0n) is 21.2. The van der Waals surface area contributed by atoms with Gasteiger partial charge in [-0.1, -0.05) is 83.1 Å². The molecule has 2 amide bonds. The number of alkyl carbamates (subject to hydrolysis) is 1. The Labute approximate surface area is 207 Å². The molecule has 1 aliphatic rings. The number of rotatable bonds is 9. The summed E-state index contributed by atoms with van der Waals surface area (Å²) in [6, 6.07) is 16.2. The van der Waals surface area contributed by atoms with Gasteiger partial charge in [0.15, 0.2) is 0 Å². The van der Waals surface area contributed by atoms with Crippen molar-refractivity contribution < 1.29 is 24.2 Å². The number of amides is 2.